The first-order chi connectivity index (χ1) is 7.63. The van der Waals surface area contributed by atoms with Crippen molar-refractivity contribution in [2.75, 3.05) is 33.2 Å². The van der Waals surface area contributed by atoms with Gasteiger partial charge in [-0.15, -0.1) is 0 Å². The molecule has 1 fully saturated rings. The second-order valence-electron chi connectivity index (χ2n) is 5.31. The molecule has 0 aromatic carbocycles. The van der Waals surface area contributed by atoms with Crippen LogP contribution in [0.3, 0.4) is 0 Å². The van der Waals surface area contributed by atoms with Gasteiger partial charge in [-0.1, -0.05) is 6.92 Å². The van der Waals surface area contributed by atoms with Crippen LogP contribution in [0.15, 0.2) is 0 Å². The molecule has 0 aliphatic carbocycles. The Labute approximate surface area is 101 Å². The van der Waals surface area contributed by atoms with Crippen LogP contribution in [0.2, 0.25) is 0 Å². The van der Waals surface area contributed by atoms with Gasteiger partial charge in [-0.05, 0) is 59.3 Å². The van der Waals surface area contributed by atoms with Gasteiger partial charge in [0.2, 0.25) is 0 Å². The van der Waals surface area contributed by atoms with E-state index in [9.17, 15) is 0 Å². The van der Waals surface area contributed by atoms with Crippen LogP contribution in [0.1, 0.15) is 39.5 Å². The fourth-order valence-corrected chi connectivity index (χ4v) is 2.51. The summed E-state index contributed by atoms with van der Waals surface area (Å²) in [6, 6.07) is 1.11. The molecular weight excluding hydrogens is 198 g/mol. The maximum Gasteiger partial charge on any atom is 0.0194 e. The standard InChI is InChI=1S/C13H29N3/c1-4-13(14)7-5-9-16-10-6-8-15(3)11-12(16)2/h12-13H,4-11,14H2,1-3H3. The average Bonchev–Trinajstić information content (AvgIpc) is 2.40. The second kappa shape index (κ2) is 7.25. The third-order valence-electron chi connectivity index (χ3n) is 3.73. The monoisotopic (exact) mass is 227 g/mol. The van der Waals surface area contributed by atoms with E-state index in [4.69, 9.17) is 5.73 Å². The van der Waals surface area contributed by atoms with Crippen LogP contribution in [0.4, 0.5) is 0 Å². The van der Waals surface area contributed by atoms with E-state index in [1.807, 2.05) is 0 Å². The molecule has 1 saturated heterocycles. The molecule has 0 aromatic rings. The molecule has 2 N–H and O–H groups in total. The van der Waals surface area contributed by atoms with E-state index in [0.29, 0.717) is 12.1 Å². The summed E-state index contributed by atoms with van der Waals surface area (Å²) in [5.74, 6) is 0. The summed E-state index contributed by atoms with van der Waals surface area (Å²) in [5.41, 5.74) is 5.95. The van der Waals surface area contributed by atoms with Gasteiger partial charge in [0.15, 0.2) is 0 Å². The number of hydrogen-bond acceptors (Lipinski definition) is 3. The molecule has 2 unspecified atom stereocenters. The van der Waals surface area contributed by atoms with Crippen molar-refractivity contribution in [3.8, 4) is 0 Å². The van der Waals surface area contributed by atoms with Crippen molar-refractivity contribution in [1.82, 2.24) is 9.80 Å². The van der Waals surface area contributed by atoms with Crippen molar-refractivity contribution < 1.29 is 0 Å². The Morgan fingerprint density at radius 1 is 1.38 bits per heavy atom. The van der Waals surface area contributed by atoms with Gasteiger partial charge in [0, 0.05) is 18.6 Å². The zero-order valence-electron chi connectivity index (χ0n) is 11.3. The summed E-state index contributed by atoms with van der Waals surface area (Å²) in [7, 11) is 2.23. The lowest BCUT2D eigenvalue weighted by Gasteiger charge is -2.28. The van der Waals surface area contributed by atoms with E-state index in [2.05, 4.69) is 30.7 Å². The summed E-state index contributed by atoms with van der Waals surface area (Å²) in [6.45, 7) is 9.46. The van der Waals surface area contributed by atoms with E-state index < -0.39 is 0 Å². The van der Waals surface area contributed by atoms with Gasteiger partial charge in [-0.25, -0.2) is 0 Å². The Morgan fingerprint density at radius 2 is 2.12 bits per heavy atom. The molecule has 0 spiro atoms. The summed E-state index contributed by atoms with van der Waals surface area (Å²) in [6.07, 6.45) is 4.84. The van der Waals surface area contributed by atoms with Gasteiger partial charge in [-0.3, -0.25) is 4.90 Å². The largest absolute Gasteiger partial charge is 0.328 e. The number of likely N-dealkylation sites (N-methyl/N-ethyl adjacent to an activating group) is 1. The summed E-state index contributed by atoms with van der Waals surface area (Å²) < 4.78 is 0. The number of nitrogens with zero attached hydrogens (tertiary/aromatic N) is 2. The minimum atomic E-state index is 0.407. The van der Waals surface area contributed by atoms with E-state index in [-0.39, 0.29) is 0 Å². The molecular formula is C13H29N3. The van der Waals surface area contributed by atoms with Crippen LogP contribution in [0.25, 0.3) is 0 Å². The maximum absolute atomic E-state index is 5.95. The lowest BCUT2D eigenvalue weighted by atomic mass is 10.1. The zero-order valence-corrected chi connectivity index (χ0v) is 11.3. The quantitative estimate of drug-likeness (QED) is 0.773. The van der Waals surface area contributed by atoms with Gasteiger partial charge >= 0.3 is 0 Å². The number of nitrogens with two attached hydrogens (primary N) is 1. The molecule has 3 nitrogen and oxygen atoms in total. The highest BCUT2D eigenvalue weighted by Crippen LogP contribution is 2.10. The molecule has 3 heteroatoms. The first-order valence-corrected chi connectivity index (χ1v) is 6.81. The molecule has 1 aliphatic rings. The van der Waals surface area contributed by atoms with Crippen molar-refractivity contribution in [2.24, 2.45) is 5.73 Å². The third kappa shape index (κ3) is 4.81. The Bertz CT molecular complexity index is 184. The predicted octanol–water partition coefficient (Wildman–Crippen LogP) is 1.53. The maximum atomic E-state index is 5.95. The van der Waals surface area contributed by atoms with Crippen LogP contribution in [-0.2, 0) is 0 Å². The minimum absolute atomic E-state index is 0.407. The molecule has 1 heterocycles. The highest BCUT2D eigenvalue weighted by molar-refractivity contribution is 4.75. The number of rotatable bonds is 5. The molecule has 0 saturated carbocycles. The Balaban J connectivity index is 2.24. The van der Waals surface area contributed by atoms with Crippen LogP contribution < -0.4 is 5.73 Å². The molecule has 2 atom stereocenters. The smallest absolute Gasteiger partial charge is 0.0194 e. The van der Waals surface area contributed by atoms with E-state index in [1.54, 1.807) is 0 Å². The number of hydrogen-bond donors (Lipinski definition) is 1. The zero-order chi connectivity index (χ0) is 12.0. The highest BCUT2D eigenvalue weighted by Gasteiger charge is 2.18. The molecule has 0 amide bonds. The van der Waals surface area contributed by atoms with Crippen LogP contribution in [-0.4, -0.2) is 55.1 Å². The topological polar surface area (TPSA) is 32.5 Å². The van der Waals surface area contributed by atoms with Gasteiger partial charge < -0.3 is 10.6 Å². The van der Waals surface area contributed by atoms with E-state index in [0.717, 1.165) is 6.42 Å². The lowest BCUT2D eigenvalue weighted by Crippen LogP contribution is -2.38. The fraction of sp³-hybridized carbons (Fsp3) is 1.00. The van der Waals surface area contributed by atoms with Crippen LogP contribution >= 0.6 is 0 Å². The fourth-order valence-electron chi connectivity index (χ4n) is 2.51. The summed E-state index contributed by atoms with van der Waals surface area (Å²) >= 11 is 0. The molecule has 1 rings (SSSR count). The van der Waals surface area contributed by atoms with Crippen molar-refractivity contribution in [3.05, 3.63) is 0 Å². The molecule has 0 bridgehead atoms. The van der Waals surface area contributed by atoms with Gasteiger partial charge in [0.25, 0.3) is 0 Å². The molecule has 96 valence electrons. The molecule has 1 aliphatic heterocycles. The predicted molar refractivity (Wildman–Crippen MR) is 70.6 cm³/mol. The van der Waals surface area contributed by atoms with Gasteiger partial charge in [-0.2, -0.15) is 0 Å². The first kappa shape index (κ1) is 13.9. The van der Waals surface area contributed by atoms with Gasteiger partial charge in [0.05, 0.1) is 0 Å². The minimum Gasteiger partial charge on any atom is -0.328 e. The highest BCUT2D eigenvalue weighted by atomic mass is 15.2. The normalized spacial score (nSPS) is 26.6. The lowest BCUT2D eigenvalue weighted by molar-refractivity contribution is 0.197. The molecule has 0 radical (unpaired) electrons. The third-order valence-corrected chi connectivity index (χ3v) is 3.73. The molecule has 0 aromatic heterocycles. The Morgan fingerprint density at radius 3 is 2.81 bits per heavy atom. The Kier molecular flexibility index (Phi) is 6.32. The summed E-state index contributed by atoms with van der Waals surface area (Å²) in [5, 5.41) is 0. The summed E-state index contributed by atoms with van der Waals surface area (Å²) in [4.78, 5) is 5.08. The van der Waals surface area contributed by atoms with Crippen LogP contribution in [0.5, 0.6) is 0 Å². The second-order valence-corrected chi connectivity index (χ2v) is 5.31. The van der Waals surface area contributed by atoms with Crippen molar-refractivity contribution in [3.63, 3.8) is 0 Å². The van der Waals surface area contributed by atoms with Crippen molar-refractivity contribution >= 4 is 0 Å². The SMILES string of the molecule is CCC(N)CCCN1CCCN(C)CC1C. The van der Waals surface area contributed by atoms with E-state index >= 15 is 0 Å². The average molecular weight is 227 g/mol. The van der Waals surface area contributed by atoms with E-state index in [1.165, 1.54) is 45.4 Å². The van der Waals surface area contributed by atoms with Crippen LogP contribution in [0, 0.1) is 0 Å². The molecule has 16 heavy (non-hydrogen) atoms. The van der Waals surface area contributed by atoms with Gasteiger partial charge in [0.1, 0.15) is 0 Å². The van der Waals surface area contributed by atoms with Crippen molar-refractivity contribution in [2.45, 2.75) is 51.6 Å². The van der Waals surface area contributed by atoms with Crippen molar-refractivity contribution in [1.29, 1.82) is 0 Å². The Hall–Kier alpha value is -0.120. The first-order valence-electron chi connectivity index (χ1n) is 6.81.